The van der Waals surface area contributed by atoms with Crippen LogP contribution in [-0.4, -0.2) is 43.4 Å². The predicted octanol–water partition coefficient (Wildman–Crippen LogP) is -0.176. The Hall–Kier alpha value is -0.900. The number of methoxy groups -OCH3 is 1. The molecule has 0 spiro atoms. The van der Waals surface area contributed by atoms with Gasteiger partial charge in [-0.05, 0) is 6.42 Å². The van der Waals surface area contributed by atoms with Crippen molar-refractivity contribution in [1.29, 1.82) is 0 Å². The molecule has 0 radical (unpaired) electrons. The van der Waals surface area contributed by atoms with E-state index in [0.717, 1.165) is 6.42 Å². The van der Waals surface area contributed by atoms with Gasteiger partial charge in [-0.25, -0.2) is 0 Å². The van der Waals surface area contributed by atoms with Crippen LogP contribution in [0.4, 0.5) is 0 Å². The molecule has 0 aromatic heterocycles. The van der Waals surface area contributed by atoms with E-state index in [9.17, 15) is 9.59 Å². The summed E-state index contributed by atoms with van der Waals surface area (Å²) in [5.74, 6) is -0.585. The van der Waals surface area contributed by atoms with Gasteiger partial charge in [0.05, 0.1) is 0 Å². The number of amides is 1. The molecule has 1 aliphatic heterocycles. The Morgan fingerprint density at radius 2 is 2.25 bits per heavy atom. The van der Waals surface area contributed by atoms with Crippen molar-refractivity contribution < 1.29 is 14.3 Å². The van der Waals surface area contributed by atoms with Gasteiger partial charge < -0.3 is 9.64 Å². The number of ketones is 1. The quantitative estimate of drug-likeness (QED) is 0.435. The van der Waals surface area contributed by atoms with Crippen LogP contribution >= 0.6 is 0 Å². The molecule has 1 rings (SSSR count). The molecule has 1 heterocycles. The van der Waals surface area contributed by atoms with Crippen LogP contribution in [0.25, 0.3) is 0 Å². The maximum Gasteiger partial charge on any atom is 0.290 e. The lowest BCUT2D eigenvalue weighted by atomic mass is 10.3. The van der Waals surface area contributed by atoms with E-state index < -0.39 is 0 Å². The number of nitrogens with zero attached hydrogens (tertiary/aromatic N) is 1. The summed E-state index contributed by atoms with van der Waals surface area (Å²) >= 11 is 0. The van der Waals surface area contributed by atoms with Crippen molar-refractivity contribution in [2.24, 2.45) is 0 Å². The van der Waals surface area contributed by atoms with Gasteiger partial charge in [-0.15, -0.1) is 0 Å². The van der Waals surface area contributed by atoms with Gasteiger partial charge >= 0.3 is 0 Å². The molecular weight excluding hydrogens is 158 g/mol. The third kappa shape index (κ3) is 2.04. The minimum atomic E-state index is -0.328. The summed E-state index contributed by atoms with van der Waals surface area (Å²) < 4.78 is 4.84. The highest BCUT2D eigenvalue weighted by molar-refractivity contribution is 6.37. The largest absolute Gasteiger partial charge is 0.385 e. The van der Waals surface area contributed by atoms with Gasteiger partial charge in [0.2, 0.25) is 5.78 Å². The standard InChI is InChI=1S/C8H13NO3/c1-12-6-2-4-9-5-3-7(10)8(9)11/h2-6H2,1H3. The first kappa shape index (κ1) is 9.19. The minimum Gasteiger partial charge on any atom is -0.385 e. The van der Waals surface area contributed by atoms with Crippen LogP contribution in [0.15, 0.2) is 0 Å². The molecule has 4 heteroatoms. The summed E-state index contributed by atoms with van der Waals surface area (Å²) in [6.07, 6.45) is 1.18. The highest BCUT2D eigenvalue weighted by atomic mass is 16.5. The van der Waals surface area contributed by atoms with E-state index in [1.165, 1.54) is 0 Å². The van der Waals surface area contributed by atoms with E-state index >= 15 is 0 Å². The third-order valence-electron chi connectivity index (χ3n) is 1.91. The first-order chi connectivity index (χ1) is 5.75. The topological polar surface area (TPSA) is 46.6 Å². The van der Waals surface area contributed by atoms with Crippen molar-refractivity contribution in [1.82, 2.24) is 4.90 Å². The molecule has 68 valence electrons. The number of rotatable bonds is 4. The first-order valence-corrected chi connectivity index (χ1v) is 4.06. The highest BCUT2D eigenvalue weighted by Gasteiger charge is 2.28. The second kappa shape index (κ2) is 4.21. The SMILES string of the molecule is COCCCN1CCC(=O)C1=O. The first-order valence-electron chi connectivity index (χ1n) is 4.06. The fraction of sp³-hybridized carbons (Fsp3) is 0.750. The normalized spacial score (nSPS) is 17.6. The monoisotopic (exact) mass is 171 g/mol. The summed E-state index contributed by atoms with van der Waals surface area (Å²) in [5, 5.41) is 0. The van der Waals surface area contributed by atoms with Gasteiger partial charge in [0.1, 0.15) is 0 Å². The van der Waals surface area contributed by atoms with Crippen LogP contribution in [0.3, 0.4) is 0 Å². The van der Waals surface area contributed by atoms with Gasteiger partial charge in [-0.3, -0.25) is 9.59 Å². The number of carbonyl (C=O) groups excluding carboxylic acids is 2. The van der Waals surface area contributed by atoms with Gasteiger partial charge in [0.15, 0.2) is 0 Å². The maximum absolute atomic E-state index is 11.0. The van der Waals surface area contributed by atoms with Crippen molar-refractivity contribution in [2.75, 3.05) is 26.8 Å². The summed E-state index contributed by atoms with van der Waals surface area (Å²) in [5.41, 5.74) is 0. The molecule has 0 unspecified atom stereocenters. The van der Waals surface area contributed by atoms with Gasteiger partial charge in [-0.1, -0.05) is 0 Å². The number of likely N-dealkylation sites (tertiary alicyclic amines) is 1. The fourth-order valence-electron chi connectivity index (χ4n) is 1.23. The van der Waals surface area contributed by atoms with E-state index in [1.807, 2.05) is 0 Å². The summed E-state index contributed by atoms with van der Waals surface area (Å²) in [6.45, 7) is 1.86. The number of carbonyl (C=O) groups is 2. The Bertz CT molecular complexity index is 191. The molecule has 0 N–H and O–H groups in total. The molecule has 0 atom stereocenters. The minimum absolute atomic E-state index is 0.257. The molecule has 1 fully saturated rings. The van der Waals surface area contributed by atoms with Gasteiger partial charge in [-0.2, -0.15) is 0 Å². The Kier molecular flexibility index (Phi) is 3.22. The predicted molar refractivity (Wildman–Crippen MR) is 42.7 cm³/mol. The highest BCUT2D eigenvalue weighted by Crippen LogP contribution is 2.06. The van der Waals surface area contributed by atoms with Crippen molar-refractivity contribution >= 4 is 11.7 Å². The summed E-state index contributed by atoms with van der Waals surface area (Å²) in [4.78, 5) is 23.4. The maximum atomic E-state index is 11.0. The molecule has 1 saturated heterocycles. The average molecular weight is 171 g/mol. The lowest BCUT2D eigenvalue weighted by Crippen LogP contribution is -2.28. The van der Waals surface area contributed by atoms with Crippen molar-refractivity contribution in [3.05, 3.63) is 0 Å². The van der Waals surface area contributed by atoms with E-state index in [0.29, 0.717) is 26.1 Å². The second-order valence-electron chi connectivity index (χ2n) is 2.81. The lowest BCUT2D eigenvalue weighted by molar-refractivity contribution is -0.140. The van der Waals surface area contributed by atoms with Crippen LogP contribution in [0.1, 0.15) is 12.8 Å². The molecule has 0 saturated carbocycles. The molecule has 0 bridgehead atoms. The number of Topliss-reactive ketones (excluding diaryl/α,β-unsaturated/α-hetero) is 1. The lowest BCUT2D eigenvalue weighted by Gasteiger charge is -2.13. The van der Waals surface area contributed by atoms with Crippen molar-refractivity contribution in [3.63, 3.8) is 0 Å². The van der Waals surface area contributed by atoms with Crippen LogP contribution in [0.2, 0.25) is 0 Å². The second-order valence-corrected chi connectivity index (χ2v) is 2.81. The van der Waals surface area contributed by atoms with E-state index in [2.05, 4.69) is 0 Å². The van der Waals surface area contributed by atoms with Crippen LogP contribution in [-0.2, 0) is 14.3 Å². The fourth-order valence-corrected chi connectivity index (χ4v) is 1.23. The molecule has 1 amide bonds. The van der Waals surface area contributed by atoms with Crippen LogP contribution in [0, 0.1) is 0 Å². The van der Waals surface area contributed by atoms with E-state index in [4.69, 9.17) is 4.74 Å². The summed E-state index contributed by atoms with van der Waals surface area (Å²) in [7, 11) is 1.62. The molecule has 0 aromatic carbocycles. The zero-order chi connectivity index (χ0) is 8.97. The van der Waals surface area contributed by atoms with Gasteiger partial charge in [0.25, 0.3) is 5.91 Å². The van der Waals surface area contributed by atoms with Crippen molar-refractivity contribution in [3.8, 4) is 0 Å². The van der Waals surface area contributed by atoms with Crippen molar-refractivity contribution in [2.45, 2.75) is 12.8 Å². The van der Waals surface area contributed by atoms with Crippen LogP contribution < -0.4 is 0 Å². The Labute approximate surface area is 71.5 Å². The average Bonchev–Trinajstić information content (AvgIpc) is 2.36. The number of ether oxygens (including phenoxy) is 1. The number of hydrogen-bond acceptors (Lipinski definition) is 3. The Morgan fingerprint density at radius 1 is 1.50 bits per heavy atom. The third-order valence-corrected chi connectivity index (χ3v) is 1.91. The van der Waals surface area contributed by atoms with Gasteiger partial charge in [0, 0.05) is 33.2 Å². The molecule has 4 nitrogen and oxygen atoms in total. The number of hydrogen-bond donors (Lipinski definition) is 0. The molecule has 0 aliphatic carbocycles. The van der Waals surface area contributed by atoms with E-state index in [-0.39, 0.29) is 11.7 Å². The zero-order valence-corrected chi connectivity index (χ0v) is 7.21. The zero-order valence-electron chi connectivity index (χ0n) is 7.21. The molecule has 12 heavy (non-hydrogen) atoms. The molecular formula is C8H13NO3. The summed E-state index contributed by atoms with van der Waals surface area (Å²) in [6, 6.07) is 0. The molecule has 0 aromatic rings. The van der Waals surface area contributed by atoms with E-state index in [1.54, 1.807) is 12.0 Å². The Balaban J connectivity index is 2.25. The Morgan fingerprint density at radius 3 is 2.75 bits per heavy atom. The van der Waals surface area contributed by atoms with Crippen LogP contribution in [0.5, 0.6) is 0 Å². The molecule has 1 aliphatic rings. The smallest absolute Gasteiger partial charge is 0.290 e.